The molecule has 2 atom stereocenters. The first-order chi connectivity index (χ1) is 9.83. The van der Waals surface area contributed by atoms with Gasteiger partial charge in [0, 0.05) is 31.8 Å². The van der Waals surface area contributed by atoms with Crippen LogP contribution >= 0.6 is 0 Å². The van der Waals surface area contributed by atoms with Crippen molar-refractivity contribution in [2.45, 2.75) is 57.3 Å². The van der Waals surface area contributed by atoms with Gasteiger partial charge in [-0.2, -0.15) is 0 Å². The van der Waals surface area contributed by atoms with E-state index in [1.165, 1.54) is 25.7 Å². The van der Waals surface area contributed by atoms with Crippen molar-refractivity contribution in [2.24, 2.45) is 0 Å². The Morgan fingerprint density at radius 3 is 2.95 bits per heavy atom. The normalized spacial score (nSPS) is 24.4. The third-order valence-electron chi connectivity index (χ3n) is 4.39. The van der Waals surface area contributed by atoms with E-state index >= 15 is 0 Å². The zero-order valence-corrected chi connectivity index (χ0v) is 12.4. The molecule has 3 rings (SSSR count). The standard InChI is InChI=1S/C16H26N2O2/c1-13(16-5-3-11-20-16)17-8-9-18(14-6-7-14)12-15-4-2-10-19-15/h2,4,10,13-14,16-17H,3,5-9,11-12H2,1H3. The van der Waals surface area contributed by atoms with Gasteiger partial charge in [-0.05, 0) is 44.7 Å². The molecule has 1 saturated heterocycles. The summed E-state index contributed by atoms with van der Waals surface area (Å²) in [5.74, 6) is 1.07. The molecule has 1 aliphatic carbocycles. The summed E-state index contributed by atoms with van der Waals surface area (Å²) >= 11 is 0. The Balaban J connectivity index is 1.40. The number of hydrogen-bond acceptors (Lipinski definition) is 4. The fourth-order valence-electron chi connectivity index (χ4n) is 3.00. The Hall–Kier alpha value is -0.840. The largest absolute Gasteiger partial charge is 0.468 e. The molecule has 1 aromatic rings. The first kappa shape index (κ1) is 14.1. The molecule has 1 aromatic heterocycles. The van der Waals surface area contributed by atoms with Crippen LogP contribution in [0, 0.1) is 0 Å². The van der Waals surface area contributed by atoms with Gasteiger partial charge in [0.2, 0.25) is 0 Å². The van der Waals surface area contributed by atoms with Gasteiger partial charge in [0.25, 0.3) is 0 Å². The van der Waals surface area contributed by atoms with Gasteiger partial charge in [-0.15, -0.1) is 0 Å². The molecule has 4 heteroatoms. The third kappa shape index (κ3) is 3.84. The molecule has 0 spiro atoms. The lowest BCUT2D eigenvalue weighted by Gasteiger charge is -2.24. The van der Waals surface area contributed by atoms with E-state index in [0.29, 0.717) is 12.1 Å². The van der Waals surface area contributed by atoms with Crippen LogP contribution in [0.1, 0.15) is 38.4 Å². The summed E-state index contributed by atoms with van der Waals surface area (Å²) in [6.45, 7) is 6.22. The summed E-state index contributed by atoms with van der Waals surface area (Å²) in [5.41, 5.74) is 0. The van der Waals surface area contributed by atoms with E-state index in [-0.39, 0.29) is 0 Å². The van der Waals surface area contributed by atoms with Crippen molar-refractivity contribution >= 4 is 0 Å². The fraction of sp³-hybridized carbons (Fsp3) is 0.750. The van der Waals surface area contributed by atoms with E-state index in [4.69, 9.17) is 9.15 Å². The zero-order chi connectivity index (χ0) is 13.8. The fourth-order valence-corrected chi connectivity index (χ4v) is 3.00. The van der Waals surface area contributed by atoms with E-state index in [2.05, 4.69) is 23.2 Å². The van der Waals surface area contributed by atoms with Crippen LogP contribution in [0.25, 0.3) is 0 Å². The predicted molar refractivity (Wildman–Crippen MR) is 78.6 cm³/mol. The Kier molecular flexibility index (Phi) is 4.76. The minimum absolute atomic E-state index is 0.412. The monoisotopic (exact) mass is 278 g/mol. The van der Waals surface area contributed by atoms with Gasteiger partial charge >= 0.3 is 0 Å². The molecule has 2 aliphatic rings. The van der Waals surface area contributed by atoms with E-state index in [1.54, 1.807) is 6.26 Å². The summed E-state index contributed by atoms with van der Waals surface area (Å²) in [7, 11) is 0. The van der Waals surface area contributed by atoms with Crippen molar-refractivity contribution in [1.82, 2.24) is 10.2 Å². The molecule has 1 N–H and O–H groups in total. The quantitative estimate of drug-likeness (QED) is 0.792. The van der Waals surface area contributed by atoms with Crippen molar-refractivity contribution < 1.29 is 9.15 Å². The Bertz CT molecular complexity index is 383. The molecule has 1 saturated carbocycles. The smallest absolute Gasteiger partial charge is 0.117 e. The molecule has 2 unspecified atom stereocenters. The maximum atomic E-state index is 5.73. The van der Waals surface area contributed by atoms with Crippen LogP contribution in [0.2, 0.25) is 0 Å². The highest BCUT2D eigenvalue weighted by atomic mass is 16.5. The highest BCUT2D eigenvalue weighted by molar-refractivity contribution is 4.99. The van der Waals surface area contributed by atoms with E-state index in [9.17, 15) is 0 Å². The summed E-state index contributed by atoms with van der Waals surface area (Å²) < 4.78 is 11.2. The summed E-state index contributed by atoms with van der Waals surface area (Å²) in [5, 5.41) is 3.62. The van der Waals surface area contributed by atoms with Gasteiger partial charge in [0.05, 0.1) is 18.9 Å². The highest BCUT2D eigenvalue weighted by Crippen LogP contribution is 2.28. The maximum absolute atomic E-state index is 5.73. The molecule has 0 aromatic carbocycles. The Labute approximate surface area is 121 Å². The first-order valence-electron chi connectivity index (χ1n) is 7.94. The van der Waals surface area contributed by atoms with Gasteiger partial charge in [-0.25, -0.2) is 0 Å². The molecule has 0 amide bonds. The topological polar surface area (TPSA) is 37.6 Å². The van der Waals surface area contributed by atoms with Crippen molar-refractivity contribution in [2.75, 3.05) is 19.7 Å². The zero-order valence-electron chi connectivity index (χ0n) is 12.4. The van der Waals surface area contributed by atoms with Crippen molar-refractivity contribution in [3.63, 3.8) is 0 Å². The summed E-state index contributed by atoms with van der Waals surface area (Å²) in [6.07, 6.45) is 7.26. The lowest BCUT2D eigenvalue weighted by Crippen LogP contribution is -2.41. The van der Waals surface area contributed by atoms with Crippen LogP contribution in [-0.2, 0) is 11.3 Å². The molecule has 0 radical (unpaired) electrons. The molecule has 1 aliphatic heterocycles. The molecule has 112 valence electrons. The summed E-state index contributed by atoms with van der Waals surface area (Å²) in [6, 6.07) is 5.26. The molecule has 0 bridgehead atoms. The Morgan fingerprint density at radius 2 is 2.30 bits per heavy atom. The number of rotatable bonds is 8. The van der Waals surface area contributed by atoms with E-state index < -0.39 is 0 Å². The van der Waals surface area contributed by atoms with Crippen LogP contribution in [-0.4, -0.2) is 42.8 Å². The first-order valence-corrected chi connectivity index (χ1v) is 7.94. The van der Waals surface area contributed by atoms with Crippen LogP contribution in [0.3, 0.4) is 0 Å². The predicted octanol–water partition coefficient (Wildman–Crippen LogP) is 2.40. The van der Waals surface area contributed by atoms with Crippen LogP contribution in [0.15, 0.2) is 22.8 Å². The van der Waals surface area contributed by atoms with E-state index in [0.717, 1.165) is 38.0 Å². The second-order valence-electron chi connectivity index (χ2n) is 6.08. The van der Waals surface area contributed by atoms with Crippen LogP contribution in [0.4, 0.5) is 0 Å². The average Bonchev–Trinajstić information content (AvgIpc) is 2.94. The summed E-state index contributed by atoms with van der Waals surface area (Å²) in [4.78, 5) is 2.54. The number of furan rings is 1. The van der Waals surface area contributed by atoms with Gasteiger partial charge in [0.1, 0.15) is 5.76 Å². The van der Waals surface area contributed by atoms with Crippen molar-refractivity contribution in [3.05, 3.63) is 24.2 Å². The lowest BCUT2D eigenvalue weighted by molar-refractivity contribution is 0.0822. The molecule has 4 nitrogen and oxygen atoms in total. The van der Waals surface area contributed by atoms with E-state index in [1.807, 2.05) is 6.07 Å². The van der Waals surface area contributed by atoms with Gasteiger partial charge in [-0.3, -0.25) is 4.90 Å². The second-order valence-corrected chi connectivity index (χ2v) is 6.08. The minimum atomic E-state index is 0.412. The Morgan fingerprint density at radius 1 is 1.40 bits per heavy atom. The van der Waals surface area contributed by atoms with Crippen molar-refractivity contribution in [1.29, 1.82) is 0 Å². The van der Waals surface area contributed by atoms with Crippen molar-refractivity contribution in [3.8, 4) is 0 Å². The minimum Gasteiger partial charge on any atom is -0.468 e. The second kappa shape index (κ2) is 6.74. The molecular weight excluding hydrogens is 252 g/mol. The van der Waals surface area contributed by atoms with Gasteiger partial charge in [-0.1, -0.05) is 0 Å². The number of nitrogens with zero attached hydrogens (tertiary/aromatic N) is 1. The molecule has 2 heterocycles. The number of nitrogens with one attached hydrogen (secondary N) is 1. The highest BCUT2D eigenvalue weighted by Gasteiger charge is 2.29. The maximum Gasteiger partial charge on any atom is 0.117 e. The number of ether oxygens (including phenoxy) is 1. The SMILES string of the molecule is CC(NCCN(Cc1ccco1)C1CC1)C1CCCO1. The molecular formula is C16H26N2O2. The molecule has 20 heavy (non-hydrogen) atoms. The molecule has 2 fully saturated rings. The third-order valence-corrected chi connectivity index (χ3v) is 4.39. The van der Waals surface area contributed by atoms with Gasteiger partial charge < -0.3 is 14.5 Å². The van der Waals surface area contributed by atoms with Crippen LogP contribution in [0.5, 0.6) is 0 Å². The average molecular weight is 278 g/mol. The van der Waals surface area contributed by atoms with Gasteiger partial charge in [0.15, 0.2) is 0 Å². The number of hydrogen-bond donors (Lipinski definition) is 1. The van der Waals surface area contributed by atoms with Crippen LogP contribution < -0.4 is 5.32 Å². The lowest BCUT2D eigenvalue weighted by atomic mass is 10.1.